The van der Waals surface area contributed by atoms with Gasteiger partial charge >= 0.3 is 0 Å². The molecule has 45 heavy (non-hydrogen) atoms. The zero-order valence-electron chi connectivity index (χ0n) is 23.9. The van der Waals surface area contributed by atoms with Gasteiger partial charge in [0.05, 0.1) is 19.5 Å². The number of alkyl halides is 1. The van der Waals surface area contributed by atoms with E-state index >= 15 is 4.39 Å². The minimum atomic E-state index is -4.39. The van der Waals surface area contributed by atoms with Gasteiger partial charge in [0.15, 0.2) is 40.8 Å². The molecule has 7 N–H and O–H groups in total. The van der Waals surface area contributed by atoms with E-state index in [4.69, 9.17) is 30.2 Å². The Morgan fingerprint density at radius 2 is 2.04 bits per heavy atom. The summed E-state index contributed by atoms with van der Waals surface area (Å²) in [6.07, 6.45) is -2.39. The van der Waals surface area contributed by atoms with Gasteiger partial charge in [-0.3, -0.25) is 18.9 Å². The van der Waals surface area contributed by atoms with Crippen LogP contribution in [0.3, 0.4) is 0 Å². The second-order valence-corrected chi connectivity index (χ2v) is 14.7. The van der Waals surface area contributed by atoms with E-state index in [2.05, 4.69) is 47.5 Å². The maximum Gasteiger partial charge on any atom is 0.282 e. The average molecular weight is 672 g/mol. The van der Waals surface area contributed by atoms with Gasteiger partial charge in [0.2, 0.25) is 5.95 Å². The molecule has 0 aliphatic carbocycles. The number of nitrogen functional groups attached to an aromatic ring is 2. The van der Waals surface area contributed by atoms with Gasteiger partial charge < -0.3 is 40.4 Å². The van der Waals surface area contributed by atoms with Crippen molar-refractivity contribution < 1.29 is 37.9 Å². The van der Waals surface area contributed by atoms with Gasteiger partial charge in [-0.25, -0.2) is 19.3 Å². The summed E-state index contributed by atoms with van der Waals surface area (Å²) in [5.74, 6) is -0.120. The van der Waals surface area contributed by atoms with Crippen molar-refractivity contribution in [2.24, 2.45) is 0 Å². The van der Waals surface area contributed by atoms with Crippen molar-refractivity contribution in [3.63, 3.8) is 0 Å². The fourth-order valence-corrected chi connectivity index (χ4v) is 8.85. The number of rotatable bonds is 10. The van der Waals surface area contributed by atoms with Gasteiger partial charge in [-0.15, -0.1) is 5.10 Å². The molecule has 2 unspecified atom stereocenters. The molecule has 2 aliphatic heterocycles. The van der Waals surface area contributed by atoms with E-state index in [0.717, 1.165) is 4.68 Å². The molecule has 4 aromatic rings. The number of aromatic amines is 1. The van der Waals surface area contributed by atoms with Crippen molar-refractivity contribution in [2.75, 3.05) is 38.4 Å². The van der Waals surface area contributed by atoms with Crippen molar-refractivity contribution in [2.45, 2.75) is 61.4 Å². The first-order chi connectivity index (χ1) is 21.3. The number of H-pyrrole nitrogens is 1. The van der Waals surface area contributed by atoms with Gasteiger partial charge in [0.25, 0.3) is 12.1 Å². The fourth-order valence-electron chi connectivity index (χ4n) is 5.79. The van der Waals surface area contributed by atoms with Crippen LogP contribution in [0.5, 0.6) is 0 Å². The van der Waals surface area contributed by atoms with Crippen molar-refractivity contribution >= 4 is 52.9 Å². The van der Waals surface area contributed by atoms with Crippen LogP contribution in [0.2, 0.25) is 0 Å². The number of nitrogens with zero attached hydrogens (tertiary/aromatic N) is 8. The Balaban J connectivity index is 1.31. The molecular formula is C23H31FN11O8PS. The van der Waals surface area contributed by atoms with Crippen LogP contribution in [0.1, 0.15) is 32.2 Å². The number of aliphatic hydroxyl groups is 2. The Morgan fingerprint density at radius 1 is 1.27 bits per heavy atom. The Kier molecular flexibility index (Phi) is 8.09. The Labute approximate surface area is 258 Å². The van der Waals surface area contributed by atoms with Crippen LogP contribution in [0, 0.1) is 0 Å². The number of methoxy groups -OCH3 is 1. The van der Waals surface area contributed by atoms with Crippen molar-refractivity contribution in [1.29, 1.82) is 0 Å². The third-order valence-corrected chi connectivity index (χ3v) is 11.1. The highest BCUT2D eigenvalue weighted by atomic mass is 32.7. The molecule has 244 valence electrons. The number of nitrogens with two attached hydrogens (primary N) is 2. The number of aliphatic hydroxyl groups excluding tert-OH is 2. The molecule has 2 fully saturated rings. The third kappa shape index (κ3) is 5.26. The standard InChI is InChI=1S/C23H31FN11O8PS/c1-22(13(37)12(40-2)19(43-22)34-9-29-10-15(25)27-8-28-16(10)34)6-42-44(39,45)14-20(41-7-23(14,24)4-3-5-36)35-17-11(32-33-35)18(38)31-21(26)30-17/h8-9,12-14,19-20,36-37H,3-7H2,1-2H3,(H,39,45)(H2,25,27,28)(H3,26,30,31,38)/t12-,13+,14+,19+,20?,22-,23+,44?/m1/s1. The molecule has 6 heterocycles. The largest absolute Gasteiger partial charge is 0.396 e. The minimum absolute atomic E-state index is 0.00347. The highest BCUT2D eigenvalue weighted by molar-refractivity contribution is 8.46. The van der Waals surface area contributed by atoms with Gasteiger partial charge in [-0.05, 0) is 19.8 Å². The maximum absolute atomic E-state index is 16.6. The summed E-state index contributed by atoms with van der Waals surface area (Å²) in [6.45, 7) is -4.35. The number of anilines is 2. The highest BCUT2D eigenvalue weighted by Crippen LogP contribution is 2.67. The molecule has 8 atom stereocenters. The normalized spacial score (nSPS) is 31.6. The first-order valence-electron chi connectivity index (χ1n) is 13.6. The smallest absolute Gasteiger partial charge is 0.282 e. The molecule has 19 nitrogen and oxygen atoms in total. The SMILES string of the molecule is CO[C@H]1[C@@H](n2cnc3c(N)ncnc32)O[C@](C)(COP(=O)(S)[C@H]2C(n3nnc4c(=O)[nH]c(N)nc43)OC[C@@]2(F)CCCO)[C@H]1O. The van der Waals surface area contributed by atoms with Crippen molar-refractivity contribution in [3.8, 4) is 0 Å². The number of imidazole rings is 1. The molecule has 2 saturated heterocycles. The van der Waals surface area contributed by atoms with Gasteiger partial charge in [-0.2, -0.15) is 9.67 Å². The topological polar surface area (TPSA) is 267 Å². The van der Waals surface area contributed by atoms with E-state index in [-0.39, 0.29) is 42.4 Å². The Hall–Kier alpha value is -3.30. The van der Waals surface area contributed by atoms with Crippen LogP contribution in [0.4, 0.5) is 16.2 Å². The van der Waals surface area contributed by atoms with Crippen LogP contribution < -0.4 is 17.0 Å². The summed E-state index contributed by atoms with van der Waals surface area (Å²) in [5, 5.41) is 28.5. The summed E-state index contributed by atoms with van der Waals surface area (Å²) in [4.78, 5) is 31.1. The first kappa shape index (κ1) is 31.7. The quantitative estimate of drug-likeness (QED) is 0.0933. The number of aromatic nitrogens is 9. The van der Waals surface area contributed by atoms with Crippen LogP contribution >= 0.6 is 18.8 Å². The summed E-state index contributed by atoms with van der Waals surface area (Å²) in [5.41, 5.74) is 5.65. The van der Waals surface area contributed by atoms with Crippen LogP contribution in [-0.4, -0.2) is 111 Å². The average Bonchev–Trinajstić information content (AvgIpc) is 3.75. The van der Waals surface area contributed by atoms with E-state index < -0.39 is 66.9 Å². The van der Waals surface area contributed by atoms with E-state index in [0.29, 0.717) is 11.2 Å². The summed E-state index contributed by atoms with van der Waals surface area (Å²) >= 11 is 4.33. The van der Waals surface area contributed by atoms with Gasteiger partial charge in [0, 0.05) is 13.7 Å². The van der Waals surface area contributed by atoms with Gasteiger partial charge in [-0.1, -0.05) is 17.5 Å². The number of hydrogen-bond acceptors (Lipinski definition) is 16. The zero-order chi connectivity index (χ0) is 32.3. The molecule has 0 saturated carbocycles. The van der Waals surface area contributed by atoms with E-state index in [1.54, 1.807) is 0 Å². The number of fused-ring (bicyclic) bond motifs is 2. The molecule has 0 radical (unpaired) electrons. The summed E-state index contributed by atoms with van der Waals surface area (Å²) < 4.78 is 56.8. The molecule has 4 aromatic heterocycles. The van der Waals surface area contributed by atoms with E-state index in [1.807, 2.05) is 0 Å². The second-order valence-electron chi connectivity index (χ2n) is 11.1. The number of thiol groups is 1. The predicted molar refractivity (Wildman–Crippen MR) is 157 cm³/mol. The molecule has 6 rings (SSSR count). The third-order valence-electron chi connectivity index (χ3n) is 8.07. The van der Waals surface area contributed by atoms with E-state index in [1.165, 1.54) is 31.3 Å². The number of halogens is 1. The fraction of sp³-hybridized carbons (Fsp3) is 0.609. The zero-order valence-corrected chi connectivity index (χ0v) is 25.7. The van der Waals surface area contributed by atoms with Crippen LogP contribution in [0.15, 0.2) is 17.4 Å². The number of nitrogens with one attached hydrogen (secondary N) is 1. The first-order valence-corrected chi connectivity index (χ1v) is 16.5. The van der Waals surface area contributed by atoms with Crippen molar-refractivity contribution in [1.82, 2.24) is 44.5 Å². The molecule has 2 aliphatic rings. The Bertz CT molecular complexity index is 1840. The number of ether oxygens (including phenoxy) is 3. The lowest BCUT2D eigenvalue weighted by Crippen LogP contribution is -2.45. The summed E-state index contributed by atoms with van der Waals surface area (Å²) in [6, 6.07) is 0. The Morgan fingerprint density at radius 3 is 2.78 bits per heavy atom. The highest BCUT2D eigenvalue weighted by Gasteiger charge is 2.61. The number of hydrogen-bond donors (Lipinski definition) is 6. The minimum Gasteiger partial charge on any atom is -0.396 e. The molecule has 0 amide bonds. The molecular weight excluding hydrogens is 640 g/mol. The lowest BCUT2D eigenvalue weighted by atomic mass is 9.97. The van der Waals surface area contributed by atoms with Crippen LogP contribution in [-0.2, 0) is 23.3 Å². The molecule has 0 spiro atoms. The lowest BCUT2D eigenvalue weighted by Gasteiger charge is -2.34. The molecule has 0 aromatic carbocycles. The predicted octanol–water partition coefficient (Wildman–Crippen LogP) is -0.300. The van der Waals surface area contributed by atoms with Crippen LogP contribution in [0.25, 0.3) is 22.3 Å². The van der Waals surface area contributed by atoms with Gasteiger partial charge in [0.1, 0.15) is 35.3 Å². The lowest BCUT2D eigenvalue weighted by molar-refractivity contribution is -0.111. The maximum atomic E-state index is 16.6. The second kappa shape index (κ2) is 11.5. The monoisotopic (exact) mass is 671 g/mol. The van der Waals surface area contributed by atoms with Crippen molar-refractivity contribution in [3.05, 3.63) is 23.0 Å². The summed E-state index contributed by atoms with van der Waals surface area (Å²) in [7, 11) is 1.37. The van der Waals surface area contributed by atoms with E-state index in [9.17, 15) is 19.6 Å². The molecule has 22 heteroatoms. The molecule has 0 bridgehead atoms.